The van der Waals surface area contributed by atoms with Crippen molar-refractivity contribution in [3.63, 3.8) is 0 Å². The first-order valence-corrected chi connectivity index (χ1v) is 6.93. The van der Waals surface area contributed by atoms with E-state index < -0.39 is 6.10 Å². The van der Waals surface area contributed by atoms with E-state index in [2.05, 4.69) is 10.2 Å². The van der Waals surface area contributed by atoms with Crippen LogP contribution in [0.3, 0.4) is 0 Å². The molecule has 1 aromatic carbocycles. The molecule has 1 heterocycles. The minimum Gasteiger partial charge on any atom is -0.385 e. The lowest BCUT2D eigenvalue weighted by Gasteiger charge is -2.19. The predicted molar refractivity (Wildman–Crippen MR) is 79.3 cm³/mol. The molecule has 0 radical (unpaired) electrons. The number of aromatic nitrogens is 3. The molecule has 1 aromatic heterocycles. The molecule has 1 atom stereocenters. The minimum atomic E-state index is -0.668. The Labute approximate surface area is 124 Å². The second-order valence-electron chi connectivity index (χ2n) is 5.55. The van der Waals surface area contributed by atoms with Crippen molar-refractivity contribution < 1.29 is 9.50 Å². The fourth-order valence-corrected chi connectivity index (χ4v) is 2.17. The summed E-state index contributed by atoms with van der Waals surface area (Å²) >= 11 is 0. The molecule has 2 rings (SSSR count). The van der Waals surface area contributed by atoms with Crippen LogP contribution in [0.15, 0.2) is 24.3 Å². The molecule has 0 fully saturated rings. The zero-order chi connectivity index (χ0) is 15.6. The lowest BCUT2D eigenvalue weighted by molar-refractivity contribution is 0.114. The maximum atomic E-state index is 13.7. The van der Waals surface area contributed by atoms with Gasteiger partial charge >= 0.3 is 0 Å². The molecule has 1 unspecified atom stereocenters. The molecule has 114 valence electrons. The van der Waals surface area contributed by atoms with E-state index in [-0.39, 0.29) is 11.7 Å². The van der Waals surface area contributed by atoms with E-state index in [4.69, 9.17) is 0 Å². The smallest absolute Gasteiger partial charge is 0.227 e. The van der Waals surface area contributed by atoms with Gasteiger partial charge in [-0.05, 0) is 12.0 Å². The maximum absolute atomic E-state index is 13.7. The van der Waals surface area contributed by atoms with Gasteiger partial charge in [-0.25, -0.2) is 4.39 Å². The zero-order valence-corrected chi connectivity index (χ0v) is 12.8. The van der Waals surface area contributed by atoms with Gasteiger partial charge in [-0.1, -0.05) is 32.0 Å². The Balaban J connectivity index is 2.21. The normalized spacial score (nSPS) is 12.7. The Morgan fingerprint density at radius 2 is 1.95 bits per heavy atom. The highest BCUT2D eigenvalue weighted by atomic mass is 19.1. The van der Waals surface area contributed by atoms with Crippen LogP contribution in [0.4, 0.5) is 10.3 Å². The summed E-state index contributed by atoms with van der Waals surface area (Å²) in [6.45, 7) is 4.22. The lowest BCUT2D eigenvalue weighted by atomic mass is 10.1. The van der Waals surface area contributed by atoms with Crippen molar-refractivity contribution in [1.82, 2.24) is 14.8 Å². The third kappa shape index (κ3) is 3.21. The van der Waals surface area contributed by atoms with Gasteiger partial charge in [0.1, 0.15) is 11.9 Å². The fraction of sp³-hybridized carbons (Fsp3) is 0.467. The molecule has 1 N–H and O–H groups in total. The van der Waals surface area contributed by atoms with Gasteiger partial charge < -0.3 is 10.0 Å². The number of nitrogens with zero attached hydrogens (tertiary/aromatic N) is 4. The molecule has 0 bridgehead atoms. The number of anilines is 1. The SMILES string of the molecule is CC(C)C(O)c1nnc(N(C)Cc2ccccc2F)n1C. The van der Waals surface area contributed by atoms with Gasteiger partial charge in [0.15, 0.2) is 5.82 Å². The number of aliphatic hydroxyl groups is 1. The zero-order valence-electron chi connectivity index (χ0n) is 12.8. The summed E-state index contributed by atoms with van der Waals surface area (Å²) in [6, 6.07) is 6.65. The molecule has 21 heavy (non-hydrogen) atoms. The Morgan fingerprint density at radius 3 is 2.57 bits per heavy atom. The summed E-state index contributed by atoms with van der Waals surface area (Å²) in [4.78, 5) is 1.81. The van der Waals surface area contributed by atoms with E-state index >= 15 is 0 Å². The van der Waals surface area contributed by atoms with Gasteiger partial charge in [-0.15, -0.1) is 10.2 Å². The molecule has 2 aromatic rings. The average molecular weight is 292 g/mol. The number of benzene rings is 1. The van der Waals surface area contributed by atoms with Crippen molar-refractivity contribution >= 4 is 5.95 Å². The first-order valence-electron chi connectivity index (χ1n) is 6.93. The summed E-state index contributed by atoms with van der Waals surface area (Å²) in [5.41, 5.74) is 0.592. The van der Waals surface area contributed by atoms with Gasteiger partial charge in [0.2, 0.25) is 5.95 Å². The molecule has 0 spiro atoms. The maximum Gasteiger partial charge on any atom is 0.227 e. The highest BCUT2D eigenvalue weighted by Gasteiger charge is 2.21. The van der Waals surface area contributed by atoms with E-state index in [1.807, 2.05) is 25.8 Å². The molecule has 0 aliphatic carbocycles. The molecule has 5 nitrogen and oxygen atoms in total. The van der Waals surface area contributed by atoms with Crippen molar-refractivity contribution in [3.05, 3.63) is 41.5 Å². The molecular formula is C15H21FN4O. The second-order valence-corrected chi connectivity index (χ2v) is 5.55. The molecule has 0 amide bonds. The Morgan fingerprint density at radius 1 is 1.29 bits per heavy atom. The van der Waals surface area contributed by atoms with Crippen LogP contribution in [0.25, 0.3) is 0 Å². The highest BCUT2D eigenvalue weighted by Crippen LogP contribution is 2.23. The van der Waals surface area contributed by atoms with E-state index in [9.17, 15) is 9.50 Å². The Hall–Kier alpha value is -1.95. The van der Waals surface area contributed by atoms with Gasteiger partial charge in [0.05, 0.1) is 0 Å². The van der Waals surface area contributed by atoms with Crippen LogP contribution in [0.1, 0.15) is 31.3 Å². The Kier molecular flexibility index (Phi) is 4.57. The number of rotatable bonds is 5. The minimum absolute atomic E-state index is 0.0534. The van der Waals surface area contributed by atoms with Crippen molar-refractivity contribution in [3.8, 4) is 0 Å². The molecule has 0 saturated heterocycles. The standard InChI is InChI=1S/C15H21FN4O/c1-10(2)13(21)14-17-18-15(20(14)4)19(3)9-11-7-5-6-8-12(11)16/h5-8,10,13,21H,9H2,1-4H3. The largest absolute Gasteiger partial charge is 0.385 e. The monoisotopic (exact) mass is 292 g/mol. The van der Waals surface area contributed by atoms with Gasteiger partial charge in [-0.2, -0.15) is 0 Å². The third-order valence-corrected chi connectivity index (χ3v) is 3.49. The van der Waals surface area contributed by atoms with Crippen molar-refractivity contribution in [2.24, 2.45) is 13.0 Å². The van der Waals surface area contributed by atoms with Crippen LogP contribution in [0.5, 0.6) is 0 Å². The van der Waals surface area contributed by atoms with Gasteiger partial charge in [0, 0.05) is 26.2 Å². The quantitative estimate of drug-likeness (QED) is 0.918. The molecule has 6 heteroatoms. The van der Waals surface area contributed by atoms with E-state index in [0.717, 1.165) is 0 Å². The molecular weight excluding hydrogens is 271 g/mol. The predicted octanol–water partition coefficient (Wildman–Crippen LogP) is 2.28. The lowest BCUT2D eigenvalue weighted by Crippen LogP contribution is -2.22. The summed E-state index contributed by atoms with van der Waals surface area (Å²) in [5.74, 6) is 0.917. The van der Waals surface area contributed by atoms with Crippen molar-refractivity contribution in [2.45, 2.75) is 26.5 Å². The van der Waals surface area contributed by atoms with Crippen LogP contribution in [-0.4, -0.2) is 26.9 Å². The van der Waals surface area contributed by atoms with Gasteiger partial charge in [-0.3, -0.25) is 4.57 Å². The van der Waals surface area contributed by atoms with Crippen LogP contribution >= 0.6 is 0 Å². The number of hydrogen-bond donors (Lipinski definition) is 1. The molecule has 0 aliphatic heterocycles. The van der Waals surface area contributed by atoms with Crippen LogP contribution in [0.2, 0.25) is 0 Å². The highest BCUT2D eigenvalue weighted by molar-refractivity contribution is 5.32. The van der Waals surface area contributed by atoms with E-state index in [0.29, 0.717) is 23.9 Å². The van der Waals surface area contributed by atoms with Crippen LogP contribution in [0, 0.1) is 11.7 Å². The summed E-state index contributed by atoms with van der Waals surface area (Å²) in [7, 11) is 3.62. The summed E-state index contributed by atoms with van der Waals surface area (Å²) in [5, 5.41) is 18.3. The Bertz CT molecular complexity index is 611. The fourth-order valence-electron chi connectivity index (χ4n) is 2.17. The first-order chi connectivity index (χ1) is 9.91. The van der Waals surface area contributed by atoms with E-state index in [1.54, 1.807) is 29.8 Å². The van der Waals surface area contributed by atoms with Gasteiger partial charge in [0.25, 0.3) is 0 Å². The second kappa shape index (κ2) is 6.22. The summed E-state index contributed by atoms with van der Waals surface area (Å²) in [6.07, 6.45) is -0.668. The van der Waals surface area contributed by atoms with Crippen LogP contribution in [-0.2, 0) is 13.6 Å². The van der Waals surface area contributed by atoms with Crippen molar-refractivity contribution in [2.75, 3.05) is 11.9 Å². The molecule has 0 saturated carbocycles. The topological polar surface area (TPSA) is 54.2 Å². The van der Waals surface area contributed by atoms with E-state index in [1.165, 1.54) is 6.07 Å². The molecule has 0 aliphatic rings. The number of aliphatic hydroxyl groups excluding tert-OH is 1. The number of halogens is 1. The summed E-state index contributed by atoms with van der Waals surface area (Å²) < 4.78 is 15.4. The number of hydrogen-bond acceptors (Lipinski definition) is 4. The van der Waals surface area contributed by atoms with Crippen molar-refractivity contribution in [1.29, 1.82) is 0 Å². The average Bonchev–Trinajstić information content (AvgIpc) is 2.82. The van der Waals surface area contributed by atoms with Crippen LogP contribution < -0.4 is 4.90 Å². The third-order valence-electron chi connectivity index (χ3n) is 3.49. The first kappa shape index (κ1) is 15.4.